The highest BCUT2D eigenvalue weighted by atomic mass is 35.5. The van der Waals surface area contributed by atoms with Gasteiger partial charge in [0, 0.05) is 60.4 Å². The lowest BCUT2D eigenvalue weighted by atomic mass is 9.94. The van der Waals surface area contributed by atoms with Gasteiger partial charge in [-0.05, 0) is 67.7 Å². The minimum absolute atomic E-state index is 0.0196. The number of hydrogen-bond acceptors (Lipinski definition) is 6. The van der Waals surface area contributed by atoms with Gasteiger partial charge in [-0.25, -0.2) is 12.8 Å². The van der Waals surface area contributed by atoms with E-state index in [2.05, 4.69) is 14.6 Å². The molecule has 0 saturated carbocycles. The first kappa shape index (κ1) is 25.9. The van der Waals surface area contributed by atoms with E-state index < -0.39 is 10.0 Å². The zero-order chi connectivity index (χ0) is 26.0. The van der Waals surface area contributed by atoms with Crippen LogP contribution in [0.2, 0.25) is 4.34 Å². The minimum atomic E-state index is -3.47. The maximum atomic E-state index is 13.8. The van der Waals surface area contributed by atoms with Crippen LogP contribution in [0, 0.1) is 11.7 Å². The van der Waals surface area contributed by atoms with Gasteiger partial charge in [0.15, 0.2) is 0 Å². The number of nitrogens with one attached hydrogen (secondary N) is 1. The van der Waals surface area contributed by atoms with E-state index in [1.807, 2.05) is 17.0 Å². The van der Waals surface area contributed by atoms with Crippen molar-refractivity contribution < 1.29 is 17.6 Å². The largest absolute Gasteiger partial charge is 0.371 e. The van der Waals surface area contributed by atoms with E-state index in [4.69, 9.17) is 11.6 Å². The summed E-state index contributed by atoms with van der Waals surface area (Å²) in [6.45, 7) is 2.45. The Morgan fingerprint density at radius 3 is 2.76 bits per heavy atom. The number of nitrogens with zero attached hydrogens (tertiary/aromatic N) is 3. The zero-order valence-electron chi connectivity index (χ0n) is 20.2. The molecule has 0 atom stereocenters. The highest BCUT2D eigenvalue weighted by Crippen LogP contribution is 2.31. The van der Waals surface area contributed by atoms with Crippen molar-refractivity contribution in [3.05, 3.63) is 69.4 Å². The van der Waals surface area contributed by atoms with Crippen molar-refractivity contribution in [1.82, 2.24) is 14.6 Å². The fraction of sp³-hybridized carbons (Fsp3) is 0.385. The third-order valence-electron chi connectivity index (χ3n) is 6.96. The van der Waals surface area contributed by atoms with Crippen LogP contribution in [0.3, 0.4) is 0 Å². The number of likely N-dealkylation sites (tertiary alicyclic amines) is 1. The summed E-state index contributed by atoms with van der Waals surface area (Å²) in [5, 5.41) is 0.781. The number of sulfonamides is 1. The molecule has 1 N–H and O–H groups in total. The van der Waals surface area contributed by atoms with E-state index in [0.29, 0.717) is 56.2 Å². The number of thiophene rings is 1. The predicted molar refractivity (Wildman–Crippen MR) is 146 cm³/mol. The molecule has 11 heteroatoms. The number of fused-ring (bicyclic) bond motifs is 1. The standard InChI is InChI=1S/C26H28ClFN4O3S2/c27-25-4-2-21(36-25)9-14-37(34,35)30-16-18-6-11-32(17-18)26(33)19-7-12-31(13-8-19)24-5-10-29-23-3-1-20(28)15-22(23)24/h1-5,10,15-16,19,30H,6-9,11-14,17H2. The first-order valence-corrected chi connectivity index (χ1v) is 15.1. The van der Waals surface area contributed by atoms with Crippen molar-refractivity contribution in [3.8, 4) is 0 Å². The number of amides is 1. The molecule has 2 fully saturated rings. The molecule has 37 heavy (non-hydrogen) atoms. The molecule has 0 unspecified atom stereocenters. The van der Waals surface area contributed by atoms with Crippen LogP contribution in [0.1, 0.15) is 24.1 Å². The SMILES string of the molecule is O=C(C1CCN(c2ccnc3ccc(F)cc23)CC1)N1CCC(=CNS(=O)(=O)CCc2ccc(Cl)s2)C1. The van der Waals surface area contributed by atoms with Crippen molar-refractivity contribution in [2.24, 2.45) is 5.92 Å². The van der Waals surface area contributed by atoms with Crippen molar-refractivity contribution in [2.75, 3.05) is 36.8 Å². The normalized spacial score (nSPS) is 18.2. The van der Waals surface area contributed by atoms with Crippen LogP contribution in [-0.2, 0) is 21.2 Å². The average molecular weight is 563 g/mol. The number of pyridine rings is 1. The highest BCUT2D eigenvalue weighted by molar-refractivity contribution is 7.89. The highest BCUT2D eigenvalue weighted by Gasteiger charge is 2.31. The molecule has 0 spiro atoms. The van der Waals surface area contributed by atoms with Crippen molar-refractivity contribution >= 4 is 55.5 Å². The summed E-state index contributed by atoms with van der Waals surface area (Å²) in [5.74, 6) is -0.269. The number of benzene rings is 1. The van der Waals surface area contributed by atoms with E-state index >= 15 is 0 Å². The summed E-state index contributed by atoms with van der Waals surface area (Å²) < 4.78 is 41.8. The molecule has 1 aromatic carbocycles. The Labute approximate surface area is 225 Å². The number of anilines is 1. The fourth-order valence-corrected chi connectivity index (χ4v) is 7.12. The summed E-state index contributed by atoms with van der Waals surface area (Å²) in [6.07, 6.45) is 5.77. The molecule has 5 rings (SSSR count). The molecule has 2 aliphatic heterocycles. The van der Waals surface area contributed by atoms with Gasteiger partial charge in [-0.15, -0.1) is 11.3 Å². The Balaban J connectivity index is 1.13. The number of carbonyl (C=O) groups is 1. The van der Waals surface area contributed by atoms with E-state index in [0.717, 1.165) is 27.0 Å². The van der Waals surface area contributed by atoms with Gasteiger partial charge < -0.3 is 9.80 Å². The molecule has 1 amide bonds. The predicted octanol–water partition coefficient (Wildman–Crippen LogP) is 4.58. The summed E-state index contributed by atoms with van der Waals surface area (Å²) in [4.78, 5) is 22.5. The number of hydrogen-bond donors (Lipinski definition) is 1. The molecule has 7 nitrogen and oxygen atoms in total. The van der Waals surface area contributed by atoms with Gasteiger partial charge in [0.2, 0.25) is 15.9 Å². The van der Waals surface area contributed by atoms with Crippen molar-refractivity contribution in [3.63, 3.8) is 0 Å². The molecular weight excluding hydrogens is 535 g/mol. The molecule has 0 radical (unpaired) electrons. The first-order valence-electron chi connectivity index (χ1n) is 12.3. The third kappa shape index (κ3) is 6.25. The molecule has 0 bridgehead atoms. The Bertz CT molecular complexity index is 1430. The van der Waals surface area contributed by atoms with Crippen LogP contribution >= 0.6 is 22.9 Å². The molecule has 196 valence electrons. The minimum Gasteiger partial charge on any atom is -0.371 e. The van der Waals surface area contributed by atoms with Gasteiger partial charge in [-0.1, -0.05) is 11.6 Å². The summed E-state index contributed by atoms with van der Waals surface area (Å²) >= 11 is 7.29. The van der Waals surface area contributed by atoms with Crippen molar-refractivity contribution in [2.45, 2.75) is 25.7 Å². The van der Waals surface area contributed by atoms with Gasteiger partial charge in [0.05, 0.1) is 15.6 Å². The molecule has 2 aliphatic rings. The second-order valence-corrected chi connectivity index (χ2v) is 13.1. The number of piperidine rings is 1. The average Bonchev–Trinajstić information content (AvgIpc) is 3.55. The van der Waals surface area contributed by atoms with Crippen LogP contribution in [-0.4, -0.2) is 56.1 Å². The van der Waals surface area contributed by atoms with Gasteiger partial charge >= 0.3 is 0 Å². The number of carbonyl (C=O) groups excluding carboxylic acids is 1. The molecule has 2 aromatic heterocycles. The molecule has 0 aliphatic carbocycles. The number of aromatic nitrogens is 1. The molecule has 2 saturated heterocycles. The van der Waals surface area contributed by atoms with Gasteiger partial charge in [0.1, 0.15) is 5.82 Å². The summed E-state index contributed by atoms with van der Waals surface area (Å²) in [5.41, 5.74) is 2.59. The van der Waals surface area contributed by atoms with E-state index in [-0.39, 0.29) is 23.4 Å². The molecular formula is C26H28ClFN4O3S2. The Morgan fingerprint density at radius 2 is 2.00 bits per heavy atom. The Morgan fingerprint density at radius 1 is 1.19 bits per heavy atom. The van der Waals surface area contributed by atoms with Crippen LogP contribution in [0.15, 0.2) is 54.4 Å². The quantitative estimate of drug-likeness (QED) is 0.456. The smallest absolute Gasteiger partial charge is 0.232 e. The third-order valence-corrected chi connectivity index (χ3v) is 9.47. The maximum Gasteiger partial charge on any atom is 0.232 e. The van der Waals surface area contributed by atoms with Gasteiger partial charge in [0.25, 0.3) is 0 Å². The monoisotopic (exact) mass is 562 g/mol. The Hall–Kier alpha value is -2.69. The summed E-state index contributed by atoms with van der Waals surface area (Å²) in [7, 11) is -3.47. The lowest BCUT2D eigenvalue weighted by Crippen LogP contribution is -2.41. The van der Waals surface area contributed by atoms with E-state index in [9.17, 15) is 17.6 Å². The fourth-order valence-electron chi connectivity index (χ4n) is 4.95. The summed E-state index contributed by atoms with van der Waals surface area (Å²) in [6, 6.07) is 10.1. The Kier molecular flexibility index (Phi) is 7.69. The van der Waals surface area contributed by atoms with Gasteiger partial charge in [-0.2, -0.15) is 0 Å². The van der Waals surface area contributed by atoms with Crippen LogP contribution in [0.4, 0.5) is 10.1 Å². The number of rotatable bonds is 7. The first-order chi connectivity index (χ1) is 17.8. The second-order valence-electron chi connectivity index (χ2n) is 9.46. The van der Waals surface area contributed by atoms with Crippen LogP contribution in [0.5, 0.6) is 0 Å². The van der Waals surface area contributed by atoms with Crippen molar-refractivity contribution in [1.29, 1.82) is 0 Å². The molecule has 3 aromatic rings. The zero-order valence-corrected chi connectivity index (χ0v) is 22.6. The van der Waals surface area contributed by atoms with E-state index in [1.54, 1.807) is 24.5 Å². The molecule has 4 heterocycles. The topological polar surface area (TPSA) is 82.6 Å². The van der Waals surface area contributed by atoms with Gasteiger partial charge in [-0.3, -0.25) is 14.5 Å². The number of aryl methyl sites for hydroxylation is 1. The van der Waals surface area contributed by atoms with Crippen LogP contribution < -0.4 is 9.62 Å². The number of halogens is 2. The van der Waals surface area contributed by atoms with E-state index in [1.165, 1.54) is 23.5 Å². The van der Waals surface area contributed by atoms with Crippen LogP contribution in [0.25, 0.3) is 10.9 Å². The lowest BCUT2D eigenvalue weighted by molar-refractivity contribution is -0.134. The second kappa shape index (κ2) is 11.0. The lowest BCUT2D eigenvalue weighted by Gasteiger charge is -2.35. The maximum absolute atomic E-state index is 13.8.